The molecule has 0 aliphatic heterocycles. The van der Waals surface area contributed by atoms with Crippen LogP contribution in [-0.2, 0) is 9.59 Å². The van der Waals surface area contributed by atoms with Gasteiger partial charge in [-0.15, -0.1) is 0 Å². The average molecular weight is 367 g/mol. The van der Waals surface area contributed by atoms with E-state index < -0.39 is 0 Å². The lowest BCUT2D eigenvalue weighted by Gasteiger charge is -2.18. The van der Waals surface area contributed by atoms with Crippen LogP contribution in [0.3, 0.4) is 0 Å². The first-order valence-electron chi connectivity index (χ1n) is 9.84. The Kier molecular flexibility index (Phi) is 9.11. The van der Waals surface area contributed by atoms with Gasteiger partial charge in [-0.05, 0) is 24.0 Å². The van der Waals surface area contributed by atoms with Gasteiger partial charge in [-0.3, -0.25) is 9.59 Å². The number of benzene rings is 2. The largest absolute Gasteiger partial charge is 0.355 e. The number of unbranched alkanes of at least 4 members (excludes halogenated alkanes) is 2. The predicted octanol–water partition coefficient (Wildman–Crippen LogP) is 4.02. The fourth-order valence-corrected chi connectivity index (χ4v) is 3.12. The van der Waals surface area contributed by atoms with Crippen LogP contribution in [0.25, 0.3) is 0 Å². The molecular formula is C23H30N2O2. The highest BCUT2D eigenvalue weighted by molar-refractivity contribution is 5.84. The van der Waals surface area contributed by atoms with Crippen LogP contribution < -0.4 is 10.6 Å². The summed E-state index contributed by atoms with van der Waals surface area (Å²) in [6.45, 7) is 2.72. The van der Waals surface area contributed by atoms with E-state index in [9.17, 15) is 9.59 Å². The third-order valence-electron chi connectivity index (χ3n) is 4.61. The van der Waals surface area contributed by atoms with Crippen LogP contribution in [0.5, 0.6) is 0 Å². The molecule has 4 nitrogen and oxygen atoms in total. The number of hydrogen-bond donors (Lipinski definition) is 2. The van der Waals surface area contributed by atoms with Crippen LogP contribution in [0.1, 0.15) is 56.1 Å². The molecule has 0 heterocycles. The Labute approximate surface area is 162 Å². The van der Waals surface area contributed by atoms with Gasteiger partial charge in [-0.1, -0.05) is 80.4 Å². The summed E-state index contributed by atoms with van der Waals surface area (Å²) in [5.74, 6) is 0.0418. The van der Waals surface area contributed by atoms with Crippen LogP contribution in [0.4, 0.5) is 0 Å². The van der Waals surface area contributed by atoms with Gasteiger partial charge in [0.15, 0.2) is 0 Å². The summed E-state index contributed by atoms with van der Waals surface area (Å²) in [6.07, 6.45) is 4.30. The van der Waals surface area contributed by atoms with Gasteiger partial charge in [0.2, 0.25) is 11.8 Å². The molecule has 0 bridgehead atoms. The maximum Gasteiger partial charge on any atom is 0.239 e. The molecule has 0 aliphatic carbocycles. The first-order valence-corrected chi connectivity index (χ1v) is 9.84. The molecule has 0 saturated heterocycles. The topological polar surface area (TPSA) is 58.2 Å². The standard InChI is InChI=1S/C23H30N2O2/c1-2-3-6-15-22(26)25-18-23(27)24-17-16-21(19-11-7-4-8-12-19)20-13-9-5-10-14-20/h4-5,7-14,21H,2-3,6,15-18H2,1H3,(H,24,27)(H,25,26). The Morgan fingerprint density at radius 1 is 0.815 bits per heavy atom. The van der Waals surface area contributed by atoms with Gasteiger partial charge in [0.05, 0.1) is 6.54 Å². The molecule has 0 unspecified atom stereocenters. The van der Waals surface area contributed by atoms with E-state index in [-0.39, 0.29) is 24.3 Å². The first kappa shape index (κ1) is 20.7. The molecular weight excluding hydrogens is 336 g/mol. The third kappa shape index (κ3) is 7.65. The second-order valence-corrected chi connectivity index (χ2v) is 6.75. The summed E-state index contributed by atoms with van der Waals surface area (Å²) in [5, 5.41) is 5.61. The summed E-state index contributed by atoms with van der Waals surface area (Å²) < 4.78 is 0. The van der Waals surface area contributed by atoms with E-state index in [0.29, 0.717) is 13.0 Å². The van der Waals surface area contributed by atoms with Crippen LogP contribution in [0.15, 0.2) is 60.7 Å². The molecule has 0 radical (unpaired) electrons. The minimum atomic E-state index is -0.140. The van der Waals surface area contributed by atoms with E-state index in [1.54, 1.807) is 0 Å². The lowest BCUT2D eigenvalue weighted by molar-refractivity contribution is -0.126. The van der Waals surface area contributed by atoms with Crippen molar-refractivity contribution in [3.63, 3.8) is 0 Å². The SMILES string of the molecule is CCCCCC(=O)NCC(=O)NCCC(c1ccccc1)c1ccccc1. The van der Waals surface area contributed by atoms with Gasteiger partial charge in [0.25, 0.3) is 0 Å². The molecule has 27 heavy (non-hydrogen) atoms. The molecule has 144 valence electrons. The molecule has 0 atom stereocenters. The van der Waals surface area contributed by atoms with E-state index >= 15 is 0 Å². The quantitative estimate of drug-likeness (QED) is 0.590. The fourth-order valence-electron chi connectivity index (χ4n) is 3.12. The van der Waals surface area contributed by atoms with E-state index in [0.717, 1.165) is 25.7 Å². The second kappa shape index (κ2) is 11.9. The van der Waals surface area contributed by atoms with Crippen molar-refractivity contribution < 1.29 is 9.59 Å². The molecule has 2 aromatic rings. The lowest BCUT2D eigenvalue weighted by Crippen LogP contribution is -2.37. The van der Waals surface area contributed by atoms with E-state index in [1.807, 2.05) is 36.4 Å². The molecule has 0 saturated carbocycles. The van der Waals surface area contributed by atoms with Gasteiger partial charge in [-0.2, -0.15) is 0 Å². The van der Waals surface area contributed by atoms with Gasteiger partial charge >= 0.3 is 0 Å². The maximum absolute atomic E-state index is 12.0. The Morgan fingerprint density at radius 3 is 1.96 bits per heavy atom. The van der Waals surface area contributed by atoms with E-state index in [4.69, 9.17) is 0 Å². The molecule has 2 amide bonds. The third-order valence-corrected chi connectivity index (χ3v) is 4.61. The molecule has 0 fully saturated rings. The molecule has 2 rings (SSSR count). The second-order valence-electron chi connectivity index (χ2n) is 6.75. The Bertz CT molecular complexity index is 647. The van der Waals surface area contributed by atoms with Crippen LogP contribution >= 0.6 is 0 Å². The van der Waals surface area contributed by atoms with Crippen molar-refractivity contribution in [2.24, 2.45) is 0 Å². The van der Waals surface area contributed by atoms with Gasteiger partial charge in [0.1, 0.15) is 0 Å². The summed E-state index contributed by atoms with van der Waals surface area (Å²) >= 11 is 0. The monoisotopic (exact) mass is 366 g/mol. The molecule has 2 aromatic carbocycles. The fraction of sp³-hybridized carbons (Fsp3) is 0.391. The normalized spacial score (nSPS) is 10.6. The maximum atomic E-state index is 12.0. The number of hydrogen-bond acceptors (Lipinski definition) is 2. The number of carbonyl (C=O) groups is 2. The van der Waals surface area contributed by atoms with Crippen LogP contribution in [0.2, 0.25) is 0 Å². The Morgan fingerprint density at radius 2 is 1.41 bits per heavy atom. The summed E-state index contributed by atoms with van der Waals surface area (Å²) in [5.41, 5.74) is 2.48. The highest BCUT2D eigenvalue weighted by atomic mass is 16.2. The summed E-state index contributed by atoms with van der Waals surface area (Å²) in [7, 11) is 0. The smallest absolute Gasteiger partial charge is 0.239 e. The van der Waals surface area contributed by atoms with Crippen molar-refractivity contribution in [2.45, 2.75) is 44.9 Å². The predicted molar refractivity (Wildman–Crippen MR) is 110 cm³/mol. The van der Waals surface area contributed by atoms with Gasteiger partial charge in [0, 0.05) is 18.9 Å². The van der Waals surface area contributed by atoms with Crippen molar-refractivity contribution in [1.82, 2.24) is 10.6 Å². The van der Waals surface area contributed by atoms with E-state index in [1.165, 1.54) is 11.1 Å². The van der Waals surface area contributed by atoms with Crippen molar-refractivity contribution in [3.05, 3.63) is 71.8 Å². The zero-order valence-electron chi connectivity index (χ0n) is 16.1. The van der Waals surface area contributed by atoms with E-state index in [2.05, 4.69) is 41.8 Å². The number of nitrogens with one attached hydrogen (secondary N) is 2. The van der Waals surface area contributed by atoms with Crippen LogP contribution in [-0.4, -0.2) is 24.9 Å². The number of amides is 2. The van der Waals surface area contributed by atoms with Crippen molar-refractivity contribution >= 4 is 11.8 Å². The summed E-state index contributed by atoms with van der Waals surface area (Å²) in [6, 6.07) is 20.7. The zero-order chi connectivity index (χ0) is 19.3. The number of carbonyl (C=O) groups excluding carboxylic acids is 2. The average Bonchev–Trinajstić information content (AvgIpc) is 2.71. The Balaban J connectivity index is 1.80. The summed E-state index contributed by atoms with van der Waals surface area (Å²) in [4.78, 5) is 23.7. The first-order chi connectivity index (χ1) is 13.2. The molecule has 2 N–H and O–H groups in total. The molecule has 0 aliphatic rings. The number of rotatable bonds is 11. The minimum absolute atomic E-state index is 0.0479. The van der Waals surface area contributed by atoms with Crippen molar-refractivity contribution in [3.8, 4) is 0 Å². The molecule has 0 spiro atoms. The Hall–Kier alpha value is -2.62. The van der Waals surface area contributed by atoms with Crippen molar-refractivity contribution in [1.29, 1.82) is 0 Å². The zero-order valence-corrected chi connectivity index (χ0v) is 16.1. The lowest BCUT2D eigenvalue weighted by atomic mass is 9.88. The van der Waals surface area contributed by atoms with Crippen molar-refractivity contribution in [2.75, 3.05) is 13.1 Å². The highest BCUT2D eigenvalue weighted by Gasteiger charge is 2.14. The van der Waals surface area contributed by atoms with Crippen LogP contribution in [0, 0.1) is 0 Å². The van der Waals surface area contributed by atoms with Gasteiger partial charge < -0.3 is 10.6 Å². The minimum Gasteiger partial charge on any atom is -0.355 e. The molecule has 0 aromatic heterocycles. The van der Waals surface area contributed by atoms with Gasteiger partial charge in [-0.25, -0.2) is 0 Å². The molecule has 4 heteroatoms. The highest BCUT2D eigenvalue weighted by Crippen LogP contribution is 2.27.